The summed E-state index contributed by atoms with van der Waals surface area (Å²) in [6.07, 6.45) is 0. The highest BCUT2D eigenvalue weighted by Gasteiger charge is 2.34. The molecule has 0 saturated carbocycles. The summed E-state index contributed by atoms with van der Waals surface area (Å²) >= 11 is 0. The Morgan fingerprint density at radius 1 is 0.538 bits per heavy atom. The second-order valence-corrected chi connectivity index (χ2v) is 15.1. The number of ether oxygens (including phenoxy) is 1. The average molecular weight is 531 g/mol. The fraction of sp³-hybridized carbons (Fsp3) is 0.500. The lowest BCUT2D eigenvalue weighted by Crippen LogP contribution is -2.20. The molecule has 0 fully saturated rings. The number of hydrogen-bond acceptors (Lipinski definition) is 3. The fourth-order valence-electron chi connectivity index (χ4n) is 5.17. The third-order valence-electron chi connectivity index (χ3n) is 7.70. The van der Waals surface area contributed by atoms with Gasteiger partial charge in [0.1, 0.15) is 17.2 Å². The zero-order valence-electron chi connectivity index (χ0n) is 26.5. The van der Waals surface area contributed by atoms with E-state index >= 15 is 0 Å². The first-order valence-corrected chi connectivity index (χ1v) is 14.1. The number of aromatic hydroxyl groups is 2. The van der Waals surface area contributed by atoms with E-state index in [1.165, 1.54) is 0 Å². The van der Waals surface area contributed by atoms with Crippen LogP contribution in [0.5, 0.6) is 17.2 Å². The van der Waals surface area contributed by atoms with Gasteiger partial charge in [0.2, 0.25) is 0 Å². The highest BCUT2D eigenvalue weighted by atomic mass is 16.5. The highest BCUT2D eigenvalue weighted by Crippen LogP contribution is 2.50. The van der Waals surface area contributed by atoms with Gasteiger partial charge in [0.15, 0.2) is 0 Å². The van der Waals surface area contributed by atoms with Crippen molar-refractivity contribution in [2.75, 3.05) is 7.11 Å². The lowest BCUT2D eigenvalue weighted by molar-refractivity contribution is 0.405. The molecule has 3 nitrogen and oxygen atoms in total. The van der Waals surface area contributed by atoms with Gasteiger partial charge >= 0.3 is 0 Å². The Balaban J connectivity index is 2.60. The van der Waals surface area contributed by atoms with Gasteiger partial charge in [-0.25, -0.2) is 0 Å². The number of benzene rings is 3. The molecule has 0 heterocycles. The minimum atomic E-state index is -0.451. The maximum absolute atomic E-state index is 12.0. The number of rotatable bonds is 4. The first-order valence-electron chi connectivity index (χ1n) is 14.1. The Kier molecular flexibility index (Phi) is 8.02. The molecule has 0 unspecified atom stereocenters. The minimum Gasteiger partial charge on any atom is -0.507 e. The second-order valence-electron chi connectivity index (χ2n) is 15.1. The third kappa shape index (κ3) is 6.29. The fourth-order valence-corrected chi connectivity index (χ4v) is 5.17. The Morgan fingerprint density at radius 3 is 1.26 bits per heavy atom. The van der Waals surface area contributed by atoms with Crippen LogP contribution >= 0.6 is 0 Å². The summed E-state index contributed by atoms with van der Waals surface area (Å²) in [6, 6.07) is 16.5. The standard InChI is InChI=1S/C36H50O3/c1-33(2,3)22-18-25(31(37)27(20-22)35(7,8)9)30(24-16-14-15-17-29(24)39-13)26-19-23(34(4,5)6)21-28(32(26)38)36(10,11)12/h14-21,30,37-38H,1-13H3. The molecule has 212 valence electrons. The smallest absolute Gasteiger partial charge is 0.123 e. The third-order valence-corrected chi connectivity index (χ3v) is 7.70. The summed E-state index contributed by atoms with van der Waals surface area (Å²) in [5, 5.41) is 24.0. The van der Waals surface area contributed by atoms with Crippen LogP contribution in [-0.4, -0.2) is 17.3 Å². The van der Waals surface area contributed by atoms with Gasteiger partial charge in [0.05, 0.1) is 7.11 Å². The quantitative estimate of drug-likeness (QED) is 0.330. The van der Waals surface area contributed by atoms with Crippen LogP contribution in [0.4, 0.5) is 0 Å². The molecule has 3 heteroatoms. The molecule has 0 bridgehead atoms. The van der Waals surface area contributed by atoms with Crippen molar-refractivity contribution in [1.29, 1.82) is 0 Å². The van der Waals surface area contributed by atoms with Gasteiger partial charge in [0.25, 0.3) is 0 Å². The Labute approximate surface area is 237 Å². The normalized spacial score (nSPS) is 13.2. The molecule has 3 aromatic carbocycles. The van der Waals surface area contributed by atoms with Crippen LogP contribution in [0.2, 0.25) is 0 Å². The van der Waals surface area contributed by atoms with Crippen molar-refractivity contribution in [3.05, 3.63) is 87.5 Å². The monoisotopic (exact) mass is 530 g/mol. The molecule has 0 saturated heterocycles. The number of phenolic OH excluding ortho intramolecular Hbond substituents is 2. The number of para-hydroxylation sites is 1. The molecule has 0 aliphatic heterocycles. The van der Waals surface area contributed by atoms with Crippen molar-refractivity contribution in [2.45, 2.75) is 111 Å². The largest absolute Gasteiger partial charge is 0.507 e. The van der Waals surface area contributed by atoms with Crippen molar-refractivity contribution in [2.24, 2.45) is 0 Å². The predicted octanol–water partition coefficient (Wildman–Crippen LogP) is 9.48. The van der Waals surface area contributed by atoms with Crippen LogP contribution in [-0.2, 0) is 21.7 Å². The minimum absolute atomic E-state index is 0.139. The lowest BCUT2D eigenvalue weighted by Gasteiger charge is -2.33. The molecule has 39 heavy (non-hydrogen) atoms. The van der Waals surface area contributed by atoms with Crippen LogP contribution < -0.4 is 4.74 Å². The van der Waals surface area contributed by atoms with Crippen molar-refractivity contribution in [1.82, 2.24) is 0 Å². The maximum atomic E-state index is 12.0. The summed E-state index contributed by atoms with van der Waals surface area (Å²) in [6.45, 7) is 26.0. The van der Waals surface area contributed by atoms with Gasteiger partial charge in [-0.15, -0.1) is 0 Å². The van der Waals surface area contributed by atoms with Gasteiger partial charge in [-0.3, -0.25) is 0 Å². The zero-order chi connectivity index (χ0) is 29.7. The Hall–Kier alpha value is -2.94. The van der Waals surface area contributed by atoms with E-state index < -0.39 is 5.92 Å². The number of hydrogen-bond donors (Lipinski definition) is 2. The van der Waals surface area contributed by atoms with Gasteiger partial charge in [-0.2, -0.15) is 0 Å². The van der Waals surface area contributed by atoms with E-state index in [9.17, 15) is 10.2 Å². The van der Waals surface area contributed by atoms with Gasteiger partial charge in [-0.1, -0.05) is 126 Å². The van der Waals surface area contributed by atoms with E-state index in [0.717, 1.165) is 44.7 Å². The topological polar surface area (TPSA) is 49.7 Å². The summed E-state index contributed by atoms with van der Waals surface area (Å²) in [7, 11) is 1.67. The van der Waals surface area contributed by atoms with Crippen LogP contribution in [0, 0.1) is 0 Å². The van der Waals surface area contributed by atoms with Crippen molar-refractivity contribution >= 4 is 0 Å². The first kappa shape index (κ1) is 30.6. The number of phenols is 2. The Morgan fingerprint density at radius 2 is 0.923 bits per heavy atom. The number of methoxy groups -OCH3 is 1. The van der Waals surface area contributed by atoms with Crippen LogP contribution in [0.1, 0.15) is 128 Å². The maximum Gasteiger partial charge on any atom is 0.123 e. The van der Waals surface area contributed by atoms with Gasteiger partial charge in [0, 0.05) is 22.6 Å². The van der Waals surface area contributed by atoms with Crippen molar-refractivity contribution < 1.29 is 14.9 Å². The van der Waals surface area contributed by atoms with Crippen molar-refractivity contribution in [3.63, 3.8) is 0 Å². The predicted molar refractivity (Wildman–Crippen MR) is 165 cm³/mol. The summed E-state index contributed by atoms with van der Waals surface area (Å²) in [4.78, 5) is 0. The highest BCUT2D eigenvalue weighted by molar-refractivity contribution is 5.62. The van der Waals surface area contributed by atoms with Gasteiger partial charge in [-0.05, 0) is 50.0 Å². The summed E-state index contributed by atoms with van der Waals surface area (Å²) < 4.78 is 5.88. The molecule has 0 aromatic heterocycles. The molecular weight excluding hydrogens is 480 g/mol. The van der Waals surface area contributed by atoms with E-state index in [2.05, 4.69) is 107 Å². The molecule has 0 aliphatic carbocycles. The SMILES string of the molecule is COc1ccccc1C(c1cc(C(C)(C)C)cc(C(C)(C)C)c1O)c1cc(C(C)(C)C)cc(C(C)(C)C)c1O. The molecular formula is C36H50O3. The van der Waals surface area contributed by atoms with Crippen LogP contribution in [0.15, 0.2) is 48.5 Å². The summed E-state index contributed by atoms with van der Waals surface area (Å²) in [5.41, 5.74) is 5.69. The van der Waals surface area contributed by atoms with Crippen LogP contribution in [0.25, 0.3) is 0 Å². The average Bonchev–Trinajstić information content (AvgIpc) is 2.78. The molecule has 0 atom stereocenters. The van der Waals surface area contributed by atoms with E-state index in [1.807, 2.05) is 24.3 Å². The Bertz CT molecular complexity index is 1250. The van der Waals surface area contributed by atoms with E-state index in [0.29, 0.717) is 0 Å². The zero-order valence-corrected chi connectivity index (χ0v) is 26.5. The molecule has 3 rings (SSSR count). The first-order chi connectivity index (χ1) is 17.7. The van der Waals surface area contributed by atoms with E-state index in [4.69, 9.17) is 4.74 Å². The molecule has 0 spiro atoms. The van der Waals surface area contributed by atoms with Gasteiger partial charge < -0.3 is 14.9 Å². The molecule has 0 aliphatic rings. The van der Waals surface area contributed by atoms with Crippen molar-refractivity contribution in [3.8, 4) is 17.2 Å². The van der Waals surface area contributed by atoms with Crippen LogP contribution in [0.3, 0.4) is 0 Å². The molecule has 0 amide bonds. The molecule has 3 aromatic rings. The lowest BCUT2D eigenvalue weighted by atomic mass is 9.72. The van der Waals surface area contributed by atoms with E-state index in [1.54, 1.807) is 7.11 Å². The second kappa shape index (κ2) is 10.2. The molecule has 2 N–H and O–H groups in total. The summed E-state index contributed by atoms with van der Waals surface area (Å²) in [5.74, 6) is 0.805. The van der Waals surface area contributed by atoms with E-state index in [-0.39, 0.29) is 33.2 Å². The molecule has 0 radical (unpaired) electrons.